The average molecular weight is 513 g/mol. The molecule has 192 valence electrons. The molecule has 0 aliphatic carbocycles. The quantitative estimate of drug-likeness (QED) is 0.172. The maximum Gasteiger partial charge on any atom is 0.419 e. The lowest BCUT2D eigenvalue weighted by molar-refractivity contribution is -0.140. The van der Waals surface area contributed by atoms with Gasteiger partial charge in [0.15, 0.2) is 0 Å². The van der Waals surface area contributed by atoms with Gasteiger partial charge in [-0.25, -0.2) is 14.1 Å². The molecule has 0 saturated carbocycles. The summed E-state index contributed by atoms with van der Waals surface area (Å²) >= 11 is 0. The molecule has 0 aromatic heterocycles. The van der Waals surface area contributed by atoms with Crippen molar-refractivity contribution in [2.75, 3.05) is 10.2 Å². The average Bonchev–Trinajstić information content (AvgIpc) is 2.99. The van der Waals surface area contributed by atoms with Gasteiger partial charge in [-0.05, 0) is 67.9 Å². The van der Waals surface area contributed by atoms with Gasteiger partial charge in [0.2, 0.25) is 0 Å². The highest BCUT2D eigenvalue weighted by Gasteiger charge is 2.52. The van der Waals surface area contributed by atoms with Crippen LogP contribution in [0.15, 0.2) is 66.7 Å². The number of benzene rings is 3. The molecule has 3 aromatic carbocycles. The van der Waals surface area contributed by atoms with E-state index < -0.39 is 35.0 Å². The van der Waals surface area contributed by atoms with Gasteiger partial charge in [0.05, 0.1) is 17.8 Å². The summed E-state index contributed by atoms with van der Waals surface area (Å²) in [6.07, 6.45) is -4.99. The first kappa shape index (κ1) is 25.7. The number of nitrogens with zero attached hydrogens (tertiary/aromatic N) is 2. The third-order valence-electron chi connectivity index (χ3n) is 6.16. The minimum Gasteiger partial charge on any atom is -0.384 e. The Hall–Kier alpha value is -4.41. The molecule has 37 heavy (non-hydrogen) atoms. The third kappa shape index (κ3) is 4.84. The second-order valence-electron chi connectivity index (χ2n) is 9.00. The van der Waals surface area contributed by atoms with Crippen LogP contribution in [-0.2, 0) is 17.5 Å². The van der Waals surface area contributed by atoms with E-state index in [1.165, 1.54) is 18.7 Å². The number of amides is 3. The standard InChI is InChI=1S/C26H23F4N5O2/c1-25(2)23(36)35(18-11-12-20(27)19(13-18)26(28,29)30)24(37)34(25)14-16-5-3-4-6-21(16)33-17-9-7-15(8-10-17)22(31)32/h3-13,33H,14H2,1-2H3,(H3,31,32). The molecule has 1 saturated heterocycles. The molecule has 0 bridgehead atoms. The molecule has 0 unspecified atom stereocenters. The van der Waals surface area contributed by atoms with Crippen molar-refractivity contribution in [1.82, 2.24) is 4.90 Å². The summed E-state index contributed by atoms with van der Waals surface area (Å²) in [6.45, 7) is 2.96. The third-order valence-corrected chi connectivity index (χ3v) is 6.16. The van der Waals surface area contributed by atoms with Crippen molar-refractivity contribution < 1.29 is 27.2 Å². The summed E-state index contributed by atoms with van der Waals surface area (Å²) in [7, 11) is 0. The number of halogens is 4. The number of carbonyl (C=O) groups is 2. The van der Waals surface area contributed by atoms with E-state index in [1.807, 2.05) is 0 Å². The monoisotopic (exact) mass is 513 g/mol. The fraction of sp³-hybridized carbons (Fsp3) is 0.192. The van der Waals surface area contributed by atoms with Crippen LogP contribution in [-0.4, -0.2) is 28.2 Å². The summed E-state index contributed by atoms with van der Waals surface area (Å²) < 4.78 is 53.6. The molecule has 1 fully saturated rings. The van der Waals surface area contributed by atoms with Crippen LogP contribution >= 0.6 is 0 Å². The Bertz CT molecular complexity index is 1390. The minimum absolute atomic E-state index is 0.0316. The Labute approximate surface area is 210 Å². The predicted molar refractivity (Wildman–Crippen MR) is 131 cm³/mol. The van der Waals surface area contributed by atoms with E-state index in [0.29, 0.717) is 39.5 Å². The number of nitrogen functional groups attached to an aromatic ring is 1. The fourth-order valence-corrected chi connectivity index (χ4v) is 4.04. The summed E-state index contributed by atoms with van der Waals surface area (Å²) in [6, 6.07) is 15.1. The Morgan fingerprint density at radius 3 is 2.30 bits per heavy atom. The number of anilines is 3. The zero-order valence-electron chi connectivity index (χ0n) is 19.9. The van der Waals surface area contributed by atoms with Gasteiger partial charge in [0.25, 0.3) is 5.91 Å². The van der Waals surface area contributed by atoms with E-state index in [4.69, 9.17) is 11.1 Å². The SMILES string of the molecule is CC1(C)C(=O)N(c2ccc(F)c(C(F)(F)F)c2)C(=O)N1Cc1ccccc1Nc1ccc(C(=N)N)cc1. The van der Waals surface area contributed by atoms with Gasteiger partial charge in [0, 0.05) is 16.9 Å². The zero-order chi connectivity index (χ0) is 27.1. The maximum atomic E-state index is 13.8. The Balaban J connectivity index is 1.64. The Morgan fingerprint density at radius 1 is 1.03 bits per heavy atom. The van der Waals surface area contributed by atoms with Crippen LogP contribution in [0.3, 0.4) is 0 Å². The van der Waals surface area contributed by atoms with Gasteiger partial charge in [-0.1, -0.05) is 18.2 Å². The van der Waals surface area contributed by atoms with Crippen LogP contribution in [0.1, 0.15) is 30.5 Å². The van der Waals surface area contributed by atoms with Crippen molar-refractivity contribution in [1.29, 1.82) is 5.41 Å². The molecule has 1 aliphatic rings. The number of hydrogen-bond donors (Lipinski definition) is 3. The lowest BCUT2D eigenvalue weighted by Gasteiger charge is -2.28. The van der Waals surface area contributed by atoms with E-state index in [0.717, 1.165) is 6.07 Å². The number of alkyl halides is 3. The molecular weight excluding hydrogens is 490 g/mol. The first-order valence-electron chi connectivity index (χ1n) is 11.1. The normalized spacial score (nSPS) is 15.3. The number of imide groups is 1. The van der Waals surface area contributed by atoms with Gasteiger partial charge < -0.3 is 16.0 Å². The Morgan fingerprint density at radius 2 is 1.68 bits per heavy atom. The molecule has 4 rings (SSSR count). The van der Waals surface area contributed by atoms with Crippen LogP contribution in [0.5, 0.6) is 0 Å². The number of carbonyl (C=O) groups excluding carboxylic acids is 2. The molecule has 0 atom stereocenters. The number of rotatable bonds is 6. The van der Waals surface area contributed by atoms with Gasteiger partial charge in [-0.3, -0.25) is 10.2 Å². The maximum absolute atomic E-state index is 13.8. The second kappa shape index (κ2) is 9.23. The second-order valence-corrected chi connectivity index (χ2v) is 9.00. The summed E-state index contributed by atoms with van der Waals surface area (Å²) in [5.74, 6) is -2.30. The van der Waals surface area contributed by atoms with Crippen molar-refractivity contribution in [3.8, 4) is 0 Å². The minimum atomic E-state index is -4.99. The molecule has 3 amide bonds. The van der Waals surface area contributed by atoms with E-state index in [1.54, 1.807) is 48.5 Å². The molecule has 1 heterocycles. The van der Waals surface area contributed by atoms with Crippen molar-refractivity contribution in [2.24, 2.45) is 5.73 Å². The first-order valence-corrected chi connectivity index (χ1v) is 11.1. The number of hydrogen-bond acceptors (Lipinski definition) is 4. The van der Waals surface area contributed by atoms with Crippen molar-refractivity contribution >= 4 is 34.8 Å². The number of amidine groups is 1. The van der Waals surface area contributed by atoms with E-state index >= 15 is 0 Å². The van der Waals surface area contributed by atoms with E-state index in [9.17, 15) is 27.2 Å². The lowest BCUT2D eigenvalue weighted by Crippen LogP contribution is -2.43. The summed E-state index contributed by atoms with van der Waals surface area (Å²) in [4.78, 5) is 28.4. The smallest absolute Gasteiger partial charge is 0.384 e. The van der Waals surface area contributed by atoms with Crippen molar-refractivity contribution in [3.05, 3.63) is 89.2 Å². The largest absolute Gasteiger partial charge is 0.419 e. The van der Waals surface area contributed by atoms with Gasteiger partial charge in [-0.15, -0.1) is 0 Å². The molecule has 7 nitrogen and oxygen atoms in total. The first-order chi connectivity index (χ1) is 17.3. The summed E-state index contributed by atoms with van der Waals surface area (Å²) in [5.41, 5.74) is 4.69. The Kier molecular flexibility index (Phi) is 6.41. The van der Waals surface area contributed by atoms with Crippen LogP contribution in [0.2, 0.25) is 0 Å². The molecule has 11 heteroatoms. The highest BCUT2D eigenvalue weighted by Crippen LogP contribution is 2.38. The number of para-hydroxylation sites is 1. The van der Waals surface area contributed by atoms with Crippen molar-refractivity contribution in [2.45, 2.75) is 32.1 Å². The summed E-state index contributed by atoms with van der Waals surface area (Å²) in [5, 5.41) is 10.7. The van der Waals surface area contributed by atoms with E-state index in [2.05, 4.69) is 5.32 Å². The van der Waals surface area contributed by atoms with Gasteiger partial charge >= 0.3 is 12.2 Å². The van der Waals surface area contributed by atoms with Crippen LogP contribution in [0.25, 0.3) is 0 Å². The fourth-order valence-electron chi connectivity index (χ4n) is 4.04. The van der Waals surface area contributed by atoms with Crippen LogP contribution in [0.4, 0.5) is 39.4 Å². The highest BCUT2D eigenvalue weighted by atomic mass is 19.4. The van der Waals surface area contributed by atoms with Crippen molar-refractivity contribution in [3.63, 3.8) is 0 Å². The highest BCUT2D eigenvalue weighted by molar-refractivity contribution is 6.23. The molecule has 1 aliphatic heterocycles. The molecule has 0 spiro atoms. The van der Waals surface area contributed by atoms with Gasteiger partial charge in [-0.2, -0.15) is 13.2 Å². The number of nitrogens with two attached hydrogens (primary N) is 1. The molecule has 3 aromatic rings. The molecule has 4 N–H and O–H groups in total. The van der Waals surface area contributed by atoms with Crippen LogP contribution < -0.4 is 16.0 Å². The molecular formula is C26H23F4N5O2. The molecule has 0 radical (unpaired) electrons. The van der Waals surface area contributed by atoms with E-state index in [-0.39, 0.29) is 18.1 Å². The lowest BCUT2D eigenvalue weighted by atomic mass is 10.0. The van der Waals surface area contributed by atoms with Gasteiger partial charge in [0.1, 0.15) is 17.2 Å². The van der Waals surface area contributed by atoms with Crippen LogP contribution in [0, 0.1) is 11.2 Å². The predicted octanol–water partition coefficient (Wildman–Crippen LogP) is 5.62. The number of urea groups is 1. The topological polar surface area (TPSA) is 103 Å². The zero-order valence-corrected chi connectivity index (χ0v) is 19.9. The number of nitrogens with one attached hydrogen (secondary N) is 2.